The highest BCUT2D eigenvalue weighted by Crippen LogP contribution is 2.30. The van der Waals surface area contributed by atoms with Crippen molar-refractivity contribution in [3.63, 3.8) is 0 Å². The van der Waals surface area contributed by atoms with E-state index in [4.69, 9.17) is 14.5 Å². The van der Waals surface area contributed by atoms with Crippen molar-refractivity contribution in [1.82, 2.24) is 10.3 Å². The van der Waals surface area contributed by atoms with Gasteiger partial charge in [0, 0.05) is 11.9 Å². The number of thiophene rings is 1. The zero-order chi connectivity index (χ0) is 20.9. The number of aromatic nitrogens is 1. The Kier molecular flexibility index (Phi) is 6.31. The summed E-state index contributed by atoms with van der Waals surface area (Å²) in [6, 6.07) is 18.9. The predicted octanol–water partition coefficient (Wildman–Crippen LogP) is 5.62. The third-order valence-corrected chi connectivity index (χ3v) is 6.11. The van der Waals surface area contributed by atoms with E-state index in [0.29, 0.717) is 0 Å². The van der Waals surface area contributed by atoms with E-state index in [1.54, 1.807) is 25.6 Å². The molecule has 0 amide bonds. The number of nitrogens with zero attached hydrogens (tertiary/aromatic N) is 1. The van der Waals surface area contributed by atoms with E-state index in [2.05, 4.69) is 60.1 Å². The first kappa shape index (κ1) is 20.4. The molecule has 2 heterocycles. The van der Waals surface area contributed by atoms with E-state index in [-0.39, 0.29) is 0 Å². The van der Waals surface area contributed by atoms with E-state index < -0.39 is 0 Å². The lowest BCUT2D eigenvalue weighted by atomic mass is 10.1. The van der Waals surface area contributed by atoms with Crippen molar-refractivity contribution in [3.8, 4) is 22.1 Å². The minimum atomic E-state index is 0.757. The van der Waals surface area contributed by atoms with Gasteiger partial charge in [0.25, 0.3) is 0 Å². The molecule has 0 radical (unpaired) electrons. The summed E-state index contributed by atoms with van der Waals surface area (Å²) in [6.45, 7) is 3.76. The number of fused-ring (bicyclic) bond motifs is 1. The average Bonchev–Trinajstić information content (AvgIpc) is 3.31. The third kappa shape index (κ3) is 4.32. The number of ether oxygens (including phenoxy) is 2. The van der Waals surface area contributed by atoms with Crippen LogP contribution < -0.4 is 14.8 Å². The molecule has 154 valence electrons. The highest BCUT2D eigenvalue weighted by Gasteiger charge is 2.11. The molecule has 5 heteroatoms. The van der Waals surface area contributed by atoms with Crippen molar-refractivity contribution in [3.05, 3.63) is 76.7 Å². The van der Waals surface area contributed by atoms with Crippen LogP contribution in [0.25, 0.3) is 21.5 Å². The second kappa shape index (κ2) is 9.28. The summed E-state index contributed by atoms with van der Waals surface area (Å²) in [5.41, 5.74) is 5.80. The summed E-state index contributed by atoms with van der Waals surface area (Å²) in [5.74, 6) is 1.52. The van der Waals surface area contributed by atoms with Gasteiger partial charge in [0.1, 0.15) is 0 Å². The molecule has 0 atom stereocenters. The molecule has 0 spiro atoms. The number of methoxy groups -OCH3 is 2. The Morgan fingerprint density at radius 3 is 2.60 bits per heavy atom. The van der Waals surface area contributed by atoms with E-state index in [1.165, 1.54) is 27.0 Å². The smallest absolute Gasteiger partial charge is 0.160 e. The molecule has 30 heavy (non-hydrogen) atoms. The number of hydrogen-bond acceptors (Lipinski definition) is 5. The molecular weight excluding hydrogens is 392 g/mol. The van der Waals surface area contributed by atoms with Crippen LogP contribution in [-0.4, -0.2) is 25.7 Å². The van der Waals surface area contributed by atoms with Gasteiger partial charge >= 0.3 is 0 Å². The van der Waals surface area contributed by atoms with E-state index >= 15 is 0 Å². The highest BCUT2D eigenvalue weighted by atomic mass is 32.1. The first-order valence-electron chi connectivity index (χ1n) is 10.0. The molecule has 1 N–H and O–H groups in total. The van der Waals surface area contributed by atoms with Gasteiger partial charge in [-0.1, -0.05) is 30.3 Å². The SMILES string of the molecule is COc1ccc(CCNCc2cc3cccc(C)c3nc2-c2cccs2)cc1OC. The van der Waals surface area contributed by atoms with Gasteiger partial charge in [-0.3, -0.25) is 0 Å². The number of pyridine rings is 1. The van der Waals surface area contributed by atoms with Gasteiger partial charge in [-0.15, -0.1) is 11.3 Å². The molecule has 0 aliphatic carbocycles. The van der Waals surface area contributed by atoms with Gasteiger partial charge in [-0.2, -0.15) is 0 Å². The predicted molar refractivity (Wildman–Crippen MR) is 125 cm³/mol. The van der Waals surface area contributed by atoms with Gasteiger partial charge in [0.2, 0.25) is 0 Å². The van der Waals surface area contributed by atoms with Crippen LogP contribution in [0.4, 0.5) is 0 Å². The van der Waals surface area contributed by atoms with Crippen LogP contribution >= 0.6 is 11.3 Å². The quantitative estimate of drug-likeness (QED) is 0.377. The summed E-state index contributed by atoms with van der Waals surface area (Å²) >= 11 is 1.73. The second-order valence-corrected chi connectivity index (χ2v) is 8.18. The molecule has 4 rings (SSSR count). The molecule has 0 aliphatic rings. The largest absolute Gasteiger partial charge is 0.493 e. The molecular formula is C25H26N2O2S. The normalized spacial score (nSPS) is 11.0. The maximum atomic E-state index is 5.41. The lowest BCUT2D eigenvalue weighted by Crippen LogP contribution is -2.17. The molecule has 2 aromatic heterocycles. The third-order valence-electron chi connectivity index (χ3n) is 5.23. The second-order valence-electron chi connectivity index (χ2n) is 7.24. The monoisotopic (exact) mass is 418 g/mol. The number of para-hydroxylation sites is 1. The van der Waals surface area contributed by atoms with Crippen LogP contribution in [0.15, 0.2) is 60.0 Å². The first-order valence-corrected chi connectivity index (χ1v) is 10.9. The van der Waals surface area contributed by atoms with Crippen LogP contribution in [0.5, 0.6) is 11.5 Å². The fourth-order valence-corrected chi connectivity index (χ4v) is 4.39. The van der Waals surface area contributed by atoms with Crippen molar-refractivity contribution in [2.75, 3.05) is 20.8 Å². The summed E-state index contributed by atoms with van der Waals surface area (Å²) in [6.07, 6.45) is 0.912. The van der Waals surface area contributed by atoms with E-state index in [0.717, 1.165) is 42.2 Å². The maximum Gasteiger partial charge on any atom is 0.160 e. The number of hydrogen-bond donors (Lipinski definition) is 1. The lowest BCUT2D eigenvalue weighted by molar-refractivity contribution is 0.354. The number of nitrogens with one attached hydrogen (secondary N) is 1. The summed E-state index contributed by atoms with van der Waals surface area (Å²) in [7, 11) is 3.32. The molecule has 2 aromatic carbocycles. The average molecular weight is 419 g/mol. The van der Waals surface area contributed by atoms with Crippen molar-refractivity contribution >= 4 is 22.2 Å². The van der Waals surface area contributed by atoms with Gasteiger partial charge < -0.3 is 14.8 Å². The molecule has 0 fully saturated rings. The van der Waals surface area contributed by atoms with Crippen molar-refractivity contribution in [2.45, 2.75) is 19.9 Å². The fourth-order valence-electron chi connectivity index (χ4n) is 3.64. The van der Waals surface area contributed by atoms with Crippen LogP contribution in [-0.2, 0) is 13.0 Å². The van der Waals surface area contributed by atoms with Crippen molar-refractivity contribution in [2.24, 2.45) is 0 Å². The van der Waals surface area contributed by atoms with Gasteiger partial charge in [-0.25, -0.2) is 4.98 Å². The Balaban J connectivity index is 1.50. The van der Waals surface area contributed by atoms with Crippen LogP contribution in [0.1, 0.15) is 16.7 Å². The Morgan fingerprint density at radius 2 is 1.83 bits per heavy atom. The molecule has 4 nitrogen and oxygen atoms in total. The Morgan fingerprint density at radius 1 is 0.967 bits per heavy atom. The molecule has 0 aliphatic heterocycles. The highest BCUT2D eigenvalue weighted by molar-refractivity contribution is 7.13. The first-order chi connectivity index (χ1) is 14.7. The number of benzene rings is 2. The molecule has 0 saturated carbocycles. The Labute approximate surface area is 181 Å². The number of rotatable bonds is 8. The lowest BCUT2D eigenvalue weighted by Gasteiger charge is -2.13. The molecule has 0 saturated heterocycles. The minimum absolute atomic E-state index is 0.757. The van der Waals surface area contributed by atoms with Crippen LogP contribution in [0.3, 0.4) is 0 Å². The van der Waals surface area contributed by atoms with Crippen molar-refractivity contribution in [1.29, 1.82) is 0 Å². The summed E-state index contributed by atoms with van der Waals surface area (Å²) in [4.78, 5) is 6.24. The molecule has 4 aromatic rings. The Bertz CT molecular complexity index is 1140. The standard InChI is InChI=1S/C25H26N2O2S/c1-17-6-4-7-19-15-20(25(27-24(17)19)23-8-5-13-30-23)16-26-12-11-18-9-10-21(28-2)22(14-18)29-3/h4-10,13-15,26H,11-12,16H2,1-3H3. The van der Waals surface area contributed by atoms with Crippen molar-refractivity contribution < 1.29 is 9.47 Å². The Hall–Kier alpha value is -2.89. The zero-order valence-corrected chi connectivity index (χ0v) is 18.4. The van der Waals surface area contributed by atoms with E-state index in [1.807, 2.05) is 12.1 Å². The topological polar surface area (TPSA) is 43.4 Å². The van der Waals surface area contributed by atoms with Gasteiger partial charge in [-0.05, 0) is 66.2 Å². The van der Waals surface area contributed by atoms with E-state index in [9.17, 15) is 0 Å². The molecule has 0 bridgehead atoms. The summed E-state index contributed by atoms with van der Waals surface area (Å²) in [5, 5.41) is 6.88. The van der Waals surface area contributed by atoms with Crippen LogP contribution in [0.2, 0.25) is 0 Å². The fraction of sp³-hybridized carbons (Fsp3) is 0.240. The number of aryl methyl sites for hydroxylation is 1. The minimum Gasteiger partial charge on any atom is -0.493 e. The van der Waals surface area contributed by atoms with Gasteiger partial charge in [0.05, 0.1) is 30.3 Å². The summed E-state index contributed by atoms with van der Waals surface area (Å²) < 4.78 is 10.7. The van der Waals surface area contributed by atoms with Crippen LogP contribution in [0, 0.1) is 6.92 Å². The zero-order valence-electron chi connectivity index (χ0n) is 17.6. The van der Waals surface area contributed by atoms with Gasteiger partial charge in [0.15, 0.2) is 11.5 Å². The maximum absolute atomic E-state index is 5.41. The molecule has 0 unspecified atom stereocenters.